The summed E-state index contributed by atoms with van der Waals surface area (Å²) in [5, 5.41) is 14.4. The zero-order valence-electron chi connectivity index (χ0n) is 16.3. The molecule has 4 atom stereocenters. The number of hydrogen-bond donors (Lipinski definition) is 2. The number of benzene rings is 2. The molecule has 2 heterocycles. The number of ether oxygens (including phenoxy) is 1. The topological polar surface area (TPSA) is 44.7 Å². The number of fused-ring (bicyclic) bond motifs is 1. The molecule has 0 bridgehead atoms. The van der Waals surface area contributed by atoms with Crippen LogP contribution in [0.5, 0.6) is 5.75 Å². The highest BCUT2D eigenvalue weighted by atomic mass is 16.5. The normalized spacial score (nSPS) is 30.4. The molecule has 2 aromatic carbocycles. The molecule has 27 heavy (non-hydrogen) atoms. The zero-order valence-corrected chi connectivity index (χ0v) is 16.3. The summed E-state index contributed by atoms with van der Waals surface area (Å²) in [6.07, 6.45) is 0.992. The first-order valence-electron chi connectivity index (χ1n) is 10.0. The van der Waals surface area contributed by atoms with Gasteiger partial charge in [-0.1, -0.05) is 55.5 Å². The third kappa shape index (κ3) is 3.16. The first kappa shape index (κ1) is 18.5. The Bertz CT molecular complexity index is 766. The highest BCUT2D eigenvalue weighted by molar-refractivity contribution is 5.40. The Kier molecular flexibility index (Phi) is 5.22. The number of likely N-dealkylation sites (tertiary alicyclic amines) is 1. The van der Waals surface area contributed by atoms with Crippen LogP contribution in [0.2, 0.25) is 0 Å². The van der Waals surface area contributed by atoms with Crippen LogP contribution in [-0.4, -0.2) is 43.4 Å². The largest absolute Gasteiger partial charge is 0.493 e. The molecule has 2 aliphatic heterocycles. The van der Waals surface area contributed by atoms with Crippen molar-refractivity contribution in [1.29, 1.82) is 0 Å². The van der Waals surface area contributed by atoms with Crippen molar-refractivity contribution in [3.8, 4) is 5.75 Å². The van der Waals surface area contributed by atoms with Crippen LogP contribution in [0.1, 0.15) is 30.5 Å². The van der Waals surface area contributed by atoms with E-state index >= 15 is 0 Å². The van der Waals surface area contributed by atoms with Crippen molar-refractivity contribution in [3.63, 3.8) is 0 Å². The molecule has 0 spiro atoms. The molecule has 4 rings (SSSR count). The van der Waals surface area contributed by atoms with E-state index in [1.54, 1.807) is 0 Å². The van der Waals surface area contributed by atoms with Crippen LogP contribution in [0.3, 0.4) is 0 Å². The molecular formula is C23H30N2O2. The quantitative estimate of drug-likeness (QED) is 0.824. The Labute approximate surface area is 162 Å². The van der Waals surface area contributed by atoms with Crippen molar-refractivity contribution in [3.05, 3.63) is 65.7 Å². The molecule has 2 aliphatic rings. The Morgan fingerprint density at radius 3 is 2.59 bits per heavy atom. The van der Waals surface area contributed by atoms with E-state index in [9.17, 15) is 5.11 Å². The molecule has 2 aromatic rings. The summed E-state index contributed by atoms with van der Waals surface area (Å²) < 4.78 is 6.07. The van der Waals surface area contributed by atoms with Crippen LogP contribution >= 0.6 is 0 Å². The van der Waals surface area contributed by atoms with E-state index in [1.165, 1.54) is 11.1 Å². The maximum absolute atomic E-state index is 10.6. The second-order valence-electron chi connectivity index (χ2n) is 8.00. The molecule has 0 saturated carbocycles. The van der Waals surface area contributed by atoms with Crippen molar-refractivity contribution in [2.24, 2.45) is 11.8 Å². The third-order valence-corrected chi connectivity index (χ3v) is 6.28. The first-order chi connectivity index (χ1) is 13.2. The van der Waals surface area contributed by atoms with E-state index in [0.717, 1.165) is 31.9 Å². The summed E-state index contributed by atoms with van der Waals surface area (Å²) in [5.74, 6) is 1.76. The number of hydrogen-bond acceptors (Lipinski definition) is 4. The Hall–Kier alpha value is -1.88. The highest BCUT2D eigenvalue weighted by Gasteiger charge is 2.57. The lowest BCUT2D eigenvalue weighted by atomic mass is 9.76. The highest BCUT2D eigenvalue weighted by Crippen LogP contribution is 2.52. The third-order valence-electron chi connectivity index (χ3n) is 6.28. The van der Waals surface area contributed by atoms with E-state index in [-0.39, 0.29) is 12.6 Å². The second kappa shape index (κ2) is 7.63. The molecule has 0 aliphatic carbocycles. The minimum absolute atomic E-state index is 0.0977. The molecular weight excluding hydrogens is 336 g/mol. The summed E-state index contributed by atoms with van der Waals surface area (Å²) in [4.78, 5) is 2.39. The molecule has 0 radical (unpaired) electrons. The SMILES string of the molecule is CCCOc1ccccc1[C@H]1N[C@](CO)(c2ccccc2)[C@H]2CN(C)C[C@@H]12. The maximum atomic E-state index is 10.6. The molecule has 4 heteroatoms. The van der Waals surface area contributed by atoms with Gasteiger partial charge in [0, 0.05) is 30.6 Å². The van der Waals surface area contributed by atoms with Gasteiger partial charge in [0.25, 0.3) is 0 Å². The van der Waals surface area contributed by atoms with E-state index in [0.29, 0.717) is 11.8 Å². The van der Waals surface area contributed by atoms with Crippen molar-refractivity contribution in [2.75, 3.05) is 33.4 Å². The predicted molar refractivity (Wildman–Crippen MR) is 108 cm³/mol. The molecule has 0 amide bonds. The van der Waals surface area contributed by atoms with Gasteiger partial charge in [-0.3, -0.25) is 5.32 Å². The molecule has 0 aromatic heterocycles. The van der Waals surface area contributed by atoms with Crippen LogP contribution in [-0.2, 0) is 5.54 Å². The minimum Gasteiger partial charge on any atom is -0.493 e. The lowest BCUT2D eigenvalue weighted by molar-refractivity contribution is 0.129. The number of nitrogens with one attached hydrogen (secondary N) is 1. The number of rotatable bonds is 6. The Morgan fingerprint density at radius 1 is 1.11 bits per heavy atom. The second-order valence-corrected chi connectivity index (χ2v) is 8.00. The average Bonchev–Trinajstić information content (AvgIpc) is 3.23. The van der Waals surface area contributed by atoms with Crippen LogP contribution in [0, 0.1) is 11.8 Å². The van der Waals surface area contributed by atoms with Crippen LogP contribution in [0.25, 0.3) is 0 Å². The number of aliphatic hydroxyl groups excluding tert-OH is 1. The van der Waals surface area contributed by atoms with Gasteiger partial charge in [0.15, 0.2) is 0 Å². The van der Waals surface area contributed by atoms with Crippen LogP contribution in [0.4, 0.5) is 0 Å². The molecule has 144 valence electrons. The lowest BCUT2D eigenvalue weighted by Gasteiger charge is -2.35. The molecule has 2 N–H and O–H groups in total. The molecule has 0 unspecified atom stereocenters. The number of aliphatic hydroxyl groups is 1. The van der Waals surface area contributed by atoms with Gasteiger partial charge in [-0.25, -0.2) is 0 Å². The van der Waals surface area contributed by atoms with E-state index in [1.807, 2.05) is 12.1 Å². The van der Waals surface area contributed by atoms with Crippen LogP contribution in [0.15, 0.2) is 54.6 Å². The smallest absolute Gasteiger partial charge is 0.124 e. The zero-order chi connectivity index (χ0) is 18.9. The standard InChI is InChI=1S/C23H30N2O2/c1-3-13-27-21-12-8-7-11-18(21)22-19-14-25(2)15-20(19)23(16-26,24-22)17-9-5-4-6-10-17/h4-12,19-20,22,24,26H,3,13-16H2,1-2H3/t19-,20+,22-,23-/m1/s1. The predicted octanol–water partition coefficient (Wildman–Crippen LogP) is 3.19. The van der Waals surface area contributed by atoms with Gasteiger partial charge in [0.1, 0.15) is 5.75 Å². The van der Waals surface area contributed by atoms with Gasteiger partial charge in [-0.05, 0) is 31.0 Å². The number of para-hydroxylation sites is 1. The van der Waals surface area contributed by atoms with E-state index < -0.39 is 5.54 Å². The summed E-state index contributed by atoms with van der Waals surface area (Å²) in [6, 6.07) is 19.0. The van der Waals surface area contributed by atoms with Gasteiger partial charge >= 0.3 is 0 Å². The Morgan fingerprint density at radius 2 is 1.85 bits per heavy atom. The van der Waals surface area contributed by atoms with Gasteiger partial charge in [-0.2, -0.15) is 0 Å². The van der Waals surface area contributed by atoms with E-state index in [2.05, 4.69) is 66.7 Å². The molecule has 2 saturated heterocycles. The fraction of sp³-hybridized carbons (Fsp3) is 0.478. The first-order valence-corrected chi connectivity index (χ1v) is 10.0. The molecule has 2 fully saturated rings. The van der Waals surface area contributed by atoms with Crippen molar-refractivity contribution >= 4 is 0 Å². The van der Waals surface area contributed by atoms with Crippen molar-refractivity contribution < 1.29 is 9.84 Å². The number of nitrogens with zero attached hydrogens (tertiary/aromatic N) is 1. The average molecular weight is 367 g/mol. The van der Waals surface area contributed by atoms with Gasteiger partial charge in [-0.15, -0.1) is 0 Å². The van der Waals surface area contributed by atoms with Crippen LogP contribution < -0.4 is 10.1 Å². The Balaban J connectivity index is 1.76. The van der Waals surface area contributed by atoms with Gasteiger partial charge in [0.2, 0.25) is 0 Å². The maximum Gasteiger partial charge on any atom is 0.124 e. The van der Waals surface area contributed by atoms with Crippen molar-refractivity contribution in [2.45, 2.75) is 24.9 Å². The fourth-order valence-electron chi connectivity index (χ4n) is 5.06. The summed E-state index contributed by atoms with van der Waals surface area (Å²) in [7, 11) is 2.18. The van der Waals surface area contributed by atoms with E-state index in [4.69, 9.17) is 4.74 Å². The van der Waals surface area contributed by atoms with Gasteiger partial charge in [0.05, 0.1) is 18.8 Å². The lowest BCUT2D eigenvalue weighted by Crippen LogP contribution is -2.47. The van der Waals surface area contributed by atoms with Crippen molar-refractivity contribution in [1.82, 2.24) is 10.2 Å². The monoisotopic (exact) mass is 366 g/mol. The summed E-state index contributed by atoms with van der Waals surface area (Å²) in [6.45, 7) is 4.97. The summed E-state index contributed by atoms with van der Waals surface area (Å²) >= 11 is 0. The summed E-state index contributed by atoms with van der Waals surface area (Å²) in [5.41, 5.74) is 1.97. The molecule has 4 nitrogen and oxygen atoms in total. The minimum atomic E-state index is -0.417. The van der Waals surface area contributed by atoms with Gasteiger partial charge < -0.3 is 14.7 Å². The fourth-order valence-corrected chi connectivity index (χ4v) is 5.06.